The summed E-state index contributed by atoms with van der Waals surface area (Å²) in [5, 5.41) is 16.7. The molecule has 1 aliphatic heterocycles. The summed E-state index contributed by atoms with van der Waals surface area (Å²) in [4.78, 5) is 24.4. The summed E-state index contributed by atoms with van der Waals surface area (Å²) in [7, 11) is -1.69. The molecule has 3 heterocycles. The smallest absolute Gasteiger partial charge is 0.459 e. The lowest BCUT2D eigenvalue weighted by Crippen LogP contribution is -2.37. The highest BCUT2D eigenvalue weighted by atomic mass is 35.5. The average molecular weight is 586 g/mol. The van der Waals surface area contributed by atoms with E-state index in [4.69, 9.17) is 31.1 Å². The van der Waals surface area contributed by atoms with Crippen molar-refractivity contribution in [2.45, 2.75) is 42.7 Å². The van der Waals surface area contributed by atoms with E-state index in [0.717, 1.165) is 7.11 Å². The number of fused-ring (bicyclic) bond motifs is 2. The number of benzene rings is 1. The summed E-state index contributed by atoms with van der Waals surface area (Å²) >= 11 is 6.19. The van der Waals surface area contributed by atoms with Gasteiger partial charge in [-0.3, -0.25) is 13.9 Å². The number of para-hydroxylation sites is 1. The van der Waals surface area contributed by atoms with Crippen molar-refractivity contribution in [3.05, 3.63) is 36.7 Å². The van der Waals surface area contributed by atoms with Gasteiger partial charge in [-0.2, -0.15) is 15.1 Å². The third-order valence-corrected chi connectivity index (χ3v) is 8.73. The first-order valence-corrected chi connectivity index (χ1v) is 13.8. The van der Waals surface area contributed by atoms with Gasteiger partial charge in [0.05, 0.1) is 19.3 Å². The van der Waals surface area contributed by atoms with Gasteiger partial charge in [0.25, 0.3) is 0 Å². The minimum absolute atomic E-state index is 0.0936. The van der Waals surface area contributed by atoms with E-state index in [1.165, 1.54) is 30.0 Å². The maximum atomic E-state index is 16.0. The van der Waals surface area contributed by atoms with Gasteiger partial charge >= 0.3 is 13.7 Å². The lowest BCUT2D eigenvalue weighted by molar-refractivity contribution is -0.142. The van der Waals surface area contributed by atoms with Crippen LogP contribution in [0, 0.1) is 0 Å². The number of nitrogen functional groups attached to an aromatic ring is 1. The molecular weight excluding hydrogens is 560 g/mol. The molecule has 5 rings (SSSR count). The fraction of sp³-hybridized carbons (Fsp3) is 0.455. The van der Waals surface area contributed by atoms with Crippen LogP contribution in [0.25, 0.3) is 11.2 Å². The van der Waals surface area contributed by atoms with Crippen LogP contribution in [-0.2, 0) is 23.4 Å². The number of halogens is 2. The van der Waals surface area contributed by atoms with E-state index in [-0.39, 0.29) is 17.3 Å². The Morgan fingerprint density at radius 3 is 2.72 bits per heavy atom. The maximum absolute atomic E-state index is 16.0. The van der Waals surface area contributed by atoms with Gasteiger partial charge in [-0.15, -0.1) is 11.6 Å². The molecule has 2 fully saturated rings. The number of carbonyl (C=O) groups is 1. The van der Waals surface area contributed by atoms with Crippen LogP contribution in [0.4, 0.5) is 16.2 Å². The van der Waals surface area contributed by atoms with Crippen molar-refractivity contribution in [3.8, 4) is 5.75 Å². The van der Waals surface area contributed by atoms with E-state index < -0.39 is 55.3 Å². The number of ether oxygens (including phenoxy) is 2. The fourth-order valence-corrected chi connectivity index (χ4v) is 6.84. The first-order chi connectivity index (χ1) is 18.5. The number of anilines is 2. The Kier molecular flexibility index (Phi) is 6.94. The molecule has 2 aliphatic rings. The predicted octanol–water partition coefficient (Wildman–Crippen LogP) is 1.76. The van der Waals surface area contributed by atoms with Gasteiger partial charge in [0.2, 0.25) is 5.95 Å². The number of nitrogens with two attached hydrogens (primary N) is 1. The Balaban J connectivity index is 1.45. The number of hydrogen-bond donors (Lipinski definition) is 4. The number of nitrogens with one attached hydrogen (secondary N) is 2. The van der Waals surface area contributed by atoms with Gasteiger partial charge in [-0.1, -0.05) is 18.2 Å². The van der Waals surface area contributed by atoms with Gasteiger partial charge in [-0.25, -0.2) is 13.9 Å². The molecule has 1 saturated carbocycles. The molecule has 17 heteroatoms. The minimum Gasteiger partial charge on any atom is -0.468 e. The molecule has 5 N–H and O–H groups in total. The lowest BCUT2D eigenvalue weighted by atomic mass is 10.1. The lowest BCUT2D eigenvalue weighted by Gasteiger charge is -2.27. The number of aliphatic hydroxyl groups is 1. The first kappa shape index (κ1) is 27.5. The van der Waals surface area contributed by atoms with Gasteiger partial charge < -0.3 is 30.2 Å². The van der Waals surface area contributed by atoms with E-state index in [2.05, 4.69) is 30.1 Å². The van der Waals surface area contributed by atoms with Crippen molar-refractivity contribution in [2.24, 2.45) is 0 Å². The van der Waals surface area contributed by atoms with E-state index in [1.807, 2.05) is 0 Å². The van der Waals surface area contributed by atoms with Crippen LogP contribution < -0.4 is 20.7 Å². The number of aromatic nitrogens is 4. The summed E-state index contributed by atoms with van der Waals surface area (Å²) in [6, 6.07) is 6.81. The SMILES string of the molecule is CNc1nc(N)nc2c1ncn2[C@@H]1O[C@]2(CCl)C(O[P@@](=O)(N[C@H](C)C(=O)OC)Oc3ccccc3)[C@]2(O)[C@H]1F. The Morgan fingerprint density at radius 1 is 1.38 bits per heavy atom. The Labute approximate surface area is 226 Å². The number of imidazole rings is 1. The number of carbonyl (C=O) groups excluding carboxylic acids is 1. The second kappa shape index (κ2) is 9.84. The zero-order valence-corrected chi connectivity index (χ0v) is 22.6. The molecule has 1 unspecified atom stereocenters. The Hall–Kier alpha value is -3.07. The molecule has 39 heavy (non-hydrogen) atoms. The zero-order valence-electron chi connectivity index (χ0n) is 20.9. The molecule has 7 atom stereocenters. The number of nitrogens with zero attached hydrogens (tertiary/aromatic N) is 4. The number of alkyl halides is 2. The van der Waals surface area contributed by atoms with Crippen molar-refractivity contribution >= 4 is 48.2 Å². The van der Waals surface area contributed by atoms with Crippen LogP contribution in [0.3, 0.4) is 0 Å². The van der Waals surface area contributed by atoms with E-state index >= 15 is 4.39 Å². The molecule has 3 aromatic rings. The van der Waals surface area contributed by atoms with Crippen molar-refractivity contribution in [2.75, 3.05) is 31.1 Å². The summed E-state index contributed by atoms with van der Waals surface area (Å²) in [5.41, 5.74) is 2.07. The first-order valence-electron chi connectivity index (χ1n) is 11.7. The number of methoxy groups -OCH3 is 1. The predicted molar refractivity (Wildman–Crippen MR) is 137 cm³/mol. The molecule has 0 radical (unpaired) electrons. The van der Waals surface area contributed by atoms with E-state index in [9.17, 15) is 14.5 Å². The topological polar surface area (TPSA) is 185 Å². The monoisotopic (exact) mass is 585 g/mol. The summed E-state index contributed by atoms with van der Waals surface area (Å²) in [6.07, 6.45) is -3.85. The summed E-state index contributed by atoms with van der Waals surface area (Å²) in [5.74, 6) is -0.850. The van der Waals surface area contributed by atoms with Crippen molar-refractivity contribution in [3.63, 3.8) is 0 Å². The number of hydrogen-bond acceptors (Lipinski definition) is 12. The van der Waals surface area contributed by atoms with Crippen LogP contribution in [0.1, 0.15) is 13.2 Å². The normalized spacial score (nSPS) is 29.8. The standard InChI is InChI=1S/C22H26ClFN7O7P/c1-11(18(32)35-3)30-39(34,37-12-7-5-4-6-8-12)38-19-21(9-23)22(19,33)14(24)17(36-21)31-10-27-13-15(26-2)28-20(25)29-16(13)31/h4-8,10-11,14,17,19,33H,9H2,1-3H3,(H,30,34)(H3,25,26,28,29)/t11-,14+,17-,19?,21-,22-,39-/m1/s1. The fourth-order valence-electron chi connectivity index (χ4n) is 4.68. The minimum atomic E-state index is -4.45. The highest BCUT2D eigenvalue weighted by Crippen LogP contribution is 2.69. The second-order valence-corrected chi connectivity index (χ2v) is 10.9. The molecule has 14 nitrogen and oxygen atoms in total. The summed E-state index contributed by atoms with van der Waals surface area (Å²) in [6.45, 7) is 1.37. The second-order valence-electron chi connectivity index (χ2n) is 9.02. The highest BCUT2D eigenvalue weighted by molar-refractivity contribution is 7.52. The van der Waals surface area contributed by atoms with Crippen LogP contribution in [0.15, 0.2) is 36.7 Å². The van der Waals surface area contributed by atoms with Crippen LogP contribution in [0.5, 0.6) is 5.75 Å². The maximum Gasteiger partial charge on any atom is 0.459 e. The van der Waals surface area contributed by atoms with Gasteiger partial charge in [0.15, 0.2) is 35.0 Å². The van der Waals surface area contributed by atoms with Crippen molar-refractivity contribution < 1.29 is 37.4 Å². The Morgan fingerprint density at radius 2 is 2.10 bits per heavy atom. The molecule has 1 saturated heterocycles. The third-order valence-electron chi connectivity index (χ3n) is 6.69. The van der Waals surface area contributed by atoms with Crippen molar-refractivity contribution in [1.29, 1.82) is 0 Å². The average Bonchev–Trinajstić information content (AvgIpc) is 3.15. The third kappa shape index (κ3) is 4.29. The highest BCUT2D eigenvalue weighted by Gasteiger charge is 2.90. The van der Waals surface area contributed by atoms with Crippen LogP contribution in [0.2, 0.25) is 0 Å². The molecule has 2 aromatic heterocycles. The van der Waals surface area contributed by atoms with Gasteiger partial charge in [-0.05, 0) is 19.1 Å². The van der Waals surface area contributed by atoms with Crippen LogP contribution >= 0.6 is 19.3 Å². The largest absolute Gasteiger partial charge is 0.468 e. The number of esters is 1. The van der Waals surface area contributed by atoms with Gasteiger partial charge in [0.1, 0.15) is 23.5 Å². The molecular formula is C22H26ClFN7O7P. The quantitative estimate of drug-likeness (QED) is 0.153. The zero-order chi connectivity index (χ0) is 28.2. The molecule has 1 aromatic carbocycles. The molecule has 0 amide bonds. The molecule has 0 spiro atoms. The number of rotatable bonds is 10. The Bertz CT molecular complexity index is 1450. The molecule has 210 valence electrons. The van der Waals surface area contributed by atoms with Crippen LogP contribution in [-0.4, -0.2) is 80.2 Å². The van der Waals surface area contributed by atoms with Crippen molar-refractivity contribution in [1.82, 2.24) is 24.6 Å². The van der Waals surface area contributed by atoms with E-state index in [0.29, 0.717) is 11.3 Å². The molecule has 0 bridgehead atoms. The van der Waals surface area contributed by atoms with E-state index in [1.54, 1.807) is 25.2 Å². The summed E-state index contributed by atoms with van der Waals surface area (Å²) < 4.78 is 53.0. The van der Waals surface area contributed by atoms with Gasteiger partial charge in [0, 0.05) is 7.05 Å². The molecule has 1 aliphatic carbocycles.